The van der Waals surface area contributed by atoms with E-state index >= 15 is 0 Å². The monoisotopic (exact) mass is 276 g/mol. The summed E-state index contributed by atoms with van der Waals surface area (Å²) in [7, 11) is 0. The normalized spacial score (nSPS) is 22.6. The van der Waals surface area contributed by atoms with E-state index in [1.54, 1.807) is 6.07 Å². The third-order valence-corrected chi connectivity index (χ3v) is 3.95. The van der Waals surface area contributed by atoms with Crippen molar-refractivity contribution in [3.05, 3.63) is 29.3 Å². The fourth-order valence-electron chi connectivity index (χ4n) is 2.84. The summed E-state index contributed by atoms with van der Waals surface area (Å²) in [5.74, 6) is -1.49. The maximum Gasteiger partial charge on any atom is 0.306 e. The molecule has 5 heteroatoms. The molecule has 0 bridgehead atoms. The smallest absolute Gasteiger partial charge is 0.306 e. The molecule has 2 rings (SSSR count). The van der Waals surface area contributed by atoms with E-state index in [4.69, 9.17) is 10.8 Å². The molecule has 1 aliphatic heterocycles. The van der Waals surface area contributed by atoms with Gasteiger partial charge in [0.2, 0.25) is 0 Å². The molecule has 0 saturated carbocycles. The molecule has 0 spiro atoms. The van der Waals surface area contributed by atoms with Crippen LogP contribution in [0.2, 0.25) is 0 Å². The molecule has 1 heterocycles. The first-order valence-electron chi connectivity index (χ1n) is 6.80. The molecule has 3 N–H and O–H groups in total. The van der Waals surface area contributed by atoms with Crippen LogP contribution in [-0.2, 0) is 4.79 Å². The molecule has 20 heavy (non-hydrogen) atoms. The van der Waals surface area contributed by atoms with Gasteiger partial charge in [-0.05, 0) is 44.4 Å². The number of carbonyl (C=O) groups is 2. The molecular weight excluding hydrogens is 256 g/mol. The van der Waals surface area contributed by atoms with Gasteiger partial charge in [-0.3, -0.25) is 9.59 Å². The number of aliphatic carboxylic acids is 1. The zero-order chi connectivity index (χ0) is 14.9. The molecule has 2 unspecified atom stereocenters. The highest BCUT2D eigenvalue weighted by Crippen LogP contribution is 2.31. The number of benzene rings is 1. The number of nitrogens with two attached hydrogens (primary N) is 1. The Balaban J connectivity index is 2.30. The maximum atomic E-state index is 11.6. The maximum absolute atomic E-state index is 11.6. The molecule has 0 radical (unpaired) electrons. The minimum atomic E-state index is -0.740. The Morgan fingerprint density at radius 1 is 1.40 bits per heavy atom. The van der Waals surface area contributed by atoms with E-state index in [9.17, 15) is 9.59 Å². The van der Waals surface area contributed by atoms with E-state index in [2.05, 4.69) is 4.90 Å². The highest BCUT2D eigenvalue weighted by atomic mass is 16.4. The van der Waals surface area contributed by atoms with Crippen LogP contribution < -0.4 is 10.6 Å². The van der Waals surface area contributed by atoms with Crippen molar-refractivity contribution in [2.24, 2.45) is 11.7 Å². The molecule has 1 aromatic rings. The van der Waals surface area contributed by atoms with Gasteiger partial charge in [-0.15, -0.1) is 0 Å². The van der Waals surface area contributed by atoms with Gasteiger partial charge in [0.25, 0.3) is 5.91 Å². The number of amides is 1. The molecule has 5 nitrogen and oxygen atoms in total. The van der Waals surface area contributed by atoms with Crippen molar-refractivity contribution in [3.63, 3.8) is 0 Å². The van der Waals surface area contributed by atoms with Crippen molar-refractivity contribution in [2.45, 2.75) is 32.7 Å². The average molecular weight is 276 g/mol. The zero-order valence-corrected chi connectivity index (χ0v) is 11.8. The van der Waals surface area contributed by atoms with Crippen LogP contribution in [-0.4, -0.2) is 29.6 Å². The lowest BCUT2D eigenvalue weighted by Crippen LogP contribution is -2.43. The van der Waals surface area contributed by atoms with Gasteiger partial charge in [-0.2, -0.15) is 0 Å². The van der Waals surface area contributed by atoms with Gasteiger partial charge in [0.05, 0.1) is 17.2 Å². The van der Waals surface area contributed by atoms with E-state index in [0.717, 1.165) is 11.3 Å². The highest BCUT2D eigenvalue weighted by Gasteiger charge is 2.31. The number of anilines is 1. The summed E-state index contributed by atoms with van der Waals surface area (Å²) in [6, 6.07) is 5.61. The molecule has 2 atom stereocenters. The van der Waals surface area contributed by atoms with Gasteiger partial charge in [-0.25, -0.2) is 0 Å². The first kappa shape index (κ1) is 14.4. The Hall–Kier alpha value is -2.04. The van der Waals surface area contributed by atoms with Crippen LogP contribution in [0.1, 0.15) is 35.7 Å². The number of carboxylic acid groups (broad SMARTS) is 1. The van der Waals surface area contributed by atoms with Crippen molar-refractivity contribution >= 4 is 17.6 Å². The summed E-state index contributed by atoms with van der Waals surface area (Å²) >= 11 is 0. The first-order valence-corrected chi connectivity index (χ1v) is 6.80. The molecule has 1 saturated heterocycles. The van der Waals surface area contributed by atoms with E-state index in [1.165, 1.54) is 0 Å². The third kappa shape index (κ3) is 2.76. The van der Waals surface area contributed by atoms with Crippen molar-refractivity contribution in [1.29, 1.82) is 0 Å². The van der Waals surface area contributed by atoms with Crippen LogP contribution in [0.3, 0.4) is 0 Å². The molecule has 1 aliphatic rings. The summed E-state index contributed by atoms with van der Waals surface area (Å²) in [4.78, 5) is 24.7. The summed E-state index contributed by atoms with van der Waals surface area (Å²) in [5, 5.41) is 9.11. The summed E-state index contributed by atoms with van der Waals surface area (Å²) in [5.41, 5.74) is 7.80. The molecular formula is C15H20N2O3. The Bertz CT molecular complexity index is 542. The van der Waals surface area contributed by atoms with Gasteiger partial charge >= 0.3 is 5.97 Å². The Kier molecular flexibility index (Phi) is 3.97. The Labute approximate surface area is 118 Å². The van der Waals surface area contributed by atoms with Gasteiger partial charge in [0.1, 0.15) is 0 Å². The van der Waals surface area contributed by atoms with Crippen molar-refractivity contribution in [1.82, 2.24) is 0 Å². The number of aryl methyl sites for hydroxylation is 1. The second-order valence-electron chi connectivity index (χ2n) is 5.49. The molecule has 1 aromatic carbocycles. The summed E-state index contributed by atoms with van der Waals surface area (Å²) in [6.45, 7) is 4.58. The van der Waals surface area contributed by atoms with Crippen molar-refractivity contribution in [2.75, 3.05) is 11.4 Å². The third-order valence-electron chi connectivity index (χ3n) is 3.95. The van der Waals surface area contributed by atoms with Crippen LogP contribution in [0, 0.1) is 12.8 Å². The fourth-order valence-corrected chi connectivity index (χ4v) is 2.84. The van der Waals surface area contributed by atoms with Crippen LogP contribution in [0.5, 0.6) is 0 Å². The summed E-state index contributed by atoms with van der Waals surface area (Å²) < 4.78 is 0. The van der Waals surface area contributed by atoms with Crippen LogP contribution in [0.4, 0.5) is 5.69 Å². The van der Waals surface area contributed by atoms with Crippen LogP contribution in [0.25, 0.3) is 0 Å². The molecule has 1 amide bonds. The Morgan fingerprint density at radius 2 is 2.10 bits per heavy atom. The van der Waals surface area contributed by atoms with E-state index in [0.29, 0.717) is 24.9 Å². The lowest BCUT2D eigenvalue weighted by Gasteiger charge is -2.38. The number of hydrogen-bond acceptors (Lipinski definition) is 3. The zero-order valence-electron chi connectivity index (χ0n) is 11.8. The largest absolute Gasteiger partial charge is 0.481 e. The first-order chi connectivity index (χ1) is 9.40. The highest BCUT2D eigenvalue weighted by molar-refractivity contribution is 5.99. The van der Waals surface area contributed by atoms with E-state index < -0.39 is 11.9 Å². The number of hydrogen-bond donors (Lipinski definition) is 2. The number of carbonyl (C=O) groups excluding carboxylic acids is 1. The van der Waals surface area contributed by atoms with Crippen molar-refractivity contribution < 1.29 is 14.7 Å². The second-order valence-corrected chi connectivity index (χ2v) is 5.49. The second kappa shape index (κ2) is 5.53. The SMILES string of the molecule is Cc1ccc(C(N)=O)c(N2CCC(C(=O)O)CC2C)c1. The van der Waals surface area contributed by atoms with Crippen LogP contribution >= 0.6 is 0 Å². The number of primary amides is 1. The number of piperidine rings is 1. The number of nitrogens with zero attached hydrogens (tertiary/aromatic N) is 1. The Morgan fingerprint density at radius 3 is 2.65 bits per heavy atom. The van der Waals surface area contributed by atoms with E-state index in [-0.39, 0.29) is 12.0 Å². The van der Waals surface area contributed by atoms with Gasteiger partial charge in [-0.1, -0.05) is 6.07 Å². The number of carboxylic acids is 1. The van der Waals surface area contributed by atoms with Crippen molar-refractivity contribution in [3.8, 4) is 0 Å². The fraction of sp³-hybridized carbons (Fsp3) is 0.467. The number of rotatable bonds is 3. The van der Waals surface area contributed by atoms with Gasteiger partial charge in [0, 0.05) is 12.6 Å². The molecule has 1 fully saturated rings. The lowest BCUT2D eigenvalue weighted by molar-refractivity contribution is -0.142. The van der Waals surface area contributed by atoms with Gasteiger partial charge < -0.3 is 15.7 Å². The summed E-state index contributed by atoms with van der Waals surface area (Å²) in [6.07, 6.45) is 1.17. The predicted octanol–water partition coefficient (Wildman–Crippen LogP) is 1.78. The molecule has 0 aromatic heterocycles. The minimum Gasteiger partial charge on any atom is -0.481 e. The standard InChI is InChI=1S/C15H20N2O3/c1-9-3-4-12(14(16)18)13(7-9)17-6-5-11(15(19)20)8-10(17)2/h3-4,7,10-11H,5-6,8H2,1-2H3,(H2,16,18)(H,19,20). The predicted molar refractivity (Wildman–Crippen MR) is 76.9 cm³/mol. The van der Waals surface area contributed by atoms with Crippen LogP contribution in [0.15, 0.2) is 18.2 Å². The minimum absolute atomic E-state index is 0.0738. The molecule has 0 aliphatic carbocycles. The quantitative estimate of drug-likeness (QED) is 0.881. The van der Waals surface area contributed by atoms with E-state index in [1.807, 2.05) is 26.0 Å². The lowest BCUT2D eigenvalue weighted by atomic mass is 9.90. The molecule has 108 valence electrons. The van der Waals surface area contributed by atoms with Gasteiger partial charge in [0.15, 0.2) is 0 Å². The topological polar surface area (TPSA) is 83.6 Å². The average Bonchev–Trinajstić information content (AvgIpc) is 2.37.